The zero-order chi connectivity index (χ0) is 25.9. The minimum atomic E-state index is -1.02. The maximum absolute atomic E-state index is 12.1. The molecule has 4 aromatic rings. The highest BCUT2D eigenvalue weighted by Crippen LogP contribution is 2.32. The molecule has 1 atom stereocenters. The van der Waals surface area contributed by atoms with Crippen LogP contribution in [0.25, 0.3) is 16.8 Å². The monoisotopic (exact) mass is 487 g/mol. The van der Waals surface area contributed by atoms with Crippen molar-refractivity contribution in [3.05, 3.63) is 77.9 Å². The van der Waals surface area contributed by atoms with Gasteiger partial charge in [-0.15, -0.1) is 5.10 Å². The summed E-state index contributed by atoms with van der Waals surface area (Å²) in [7, 11) is 1.79. The highest BCUT2D eigenvalue weighted by Gasteiger charge is 2.27. The lowest BCUT2D eigenvalue weighted by molar-refractivity contribution is 0.0695. The summed E-state index contributed by atoms with van der Waals surface area (Å²) in [5.41, 5.74) is 4.44. The highest BCUT2D eigenvalue weighted by molar-refractivity contribution is 5.89. The number of aromatic nitrogens is 5. The molecule has 0 spiro atoms. The highest BCUT2D eigenvalue weighted by atomic mass is 16.5. The van der Waals surface area contributed by atoms with Gasteiger partial charge in [-0.05, 0) is 53.6 Å². The number of aryl methyl sites for hydroxylation is 1. The van der Waals surface area contributed by atoms with Gasteiger partial charge in [-0.25, -0.2) is 9.48 Å². The van der Waals surface area contributed by atoms with Crippen LogP contribution in [-0.4, -0.2) is 42.5 Å². The first-order chi connectivity index (χ1) is 17.2. The number of nitrogens with zero attached hydrogens (tertiary/aromatic N) is 5. The van der Waals surface area contributed by atoms with Gasteiger partial charge in [0.25, 0.3) is 0 Å². The first-order valence-electron chi connectivity index (χ1n) is 12.2. The van der Waals surface area contributed by atoms with E-state index >= 15 is 0 Å². The van der Waals surface area contributed by atoms with Gasteiger partial charge in [0.2, 0.25) is 0 Å². The van der Waals surface area contributed by atoms with Crippen molar-refractivity contribution < 1.29 is 14.6 Å². The number of ether oxygens (including phenoxy) is 1. The Morgan fingerprint density at radius 1 is 1.11 bits per heavy atom. The second-order valence-corrected chi connectivity index (χ2v) is 10.2. The number of benzene rings is 2. The number of rotatable bonds is 9. The van der Waals surface area contributed by atoms with E-state index < -0.39 is 5.97 Å². The molecule has 0 saturated carbocycles. The predicted molar refractivity (Wildman–Crippen MR) is 139 cm³/mol. The average molecular weight is 488 g/mol. The zero-order valence-corrected chi connectivity index (χ0v) is 21.5. The van der Waals surface area contributed by atoms with Crippen LogP contribution in [0.3, 0.4) is 0 Å². The van der Waals surface area contributed by atoms with Crippen LogP contribution in [-0.2, 0) is 7.05 Å². The van der Waals surface area contributed by atoms with E-state index in [-0.39, 0.29) is 16.9 Å². The summed E-state index contributed by atoms with van der Waals surface area (Å²) in [6.45, 7) is 9.26. The summed E-state index contributed by atoms with van der Waals surface area (Å²) in [5, 5.41) is 22.7. The fourth-order valence-corrected chi connectivity index (χ4v) is 4.19. The number of aromatic carboxylic acids is 1. The molecule has 0 radical (unpaired) electrons. The summed E-state index contributed by atoms with van der Waals surface area (Å²) in [5.74, 6) is -0.464. The van der Waals surface area contributed by atoms with E-state index in [4.69, 9.17) is 4.74 Å². The Bertz CT molecular complexity index is 1350. The molecule has 0 aliphatic carbocycles. The lowest BCUT2D eigenvalue weighted by atomic mass is 9.93. The van der Waals surface area contributed by atoms with E-state index in [2.05, 4.69) is 36.2 Å². The Kier molecular flexibility index (Phi) is 7.24. The quantitative estimate of drug-likeness (QED) is 0.324. The van der Waals surface area contributed by atoms with Gasteiger partial charge < -0.3 is 9.84 Å². The molecule has 4 rings (SSSR count). The van der Waals surface area contributed by atoms with Crippen molar-refractivity contribution in [2.45, 2.75) is 46.5 Å². The lowest BCUT2D eigenvalue weighted by Crippen LogP contribution is -2.13. The summed E-state index contributed by atoms with van der Waals surface area (Å²) >= 11 is 0. The second kappa shape index (κ2) is 10.4. The fourth-order valence-electron chi connectivity index (χ4n) is 4.19. The number of hydrogen-bond acceptors (Lipinski definition) is 5. The third kappa shape index (κ3) is 5.64. The standard InChI is InChI=1S/C28H33N5O3/c1-6-23(25-18-32(5)31-30-25)26-24(27(34)35)17-29-33(26)21-11-7-9-19(15-21)20-10-8-12-22(16-20)36-14-13-28(2,3)4/h7-12,15-18,23H,6,13-14H2,1-5H3,(H,34,35). The van der Waals surface area contributed by atoms with Gasteiger partial charge in [0.15, 0.2) is 0 Å². The smallest absolute Gasteiger partial charge is 0.339 e. The third-order valence-electron chi connectivity index (χ3n) is 6.13. The van der Waals surface area contributed by atoms with Crippen LogP contribution in [0.2, 0.25) is 0 Å². The summed E-state index contributed by atoms with van der Waals surface area (Å²) < 4.78 is 9.34. The van der Waals surface area contributed by atoms with E-state index in [1.807, 2.05) is 61.7 Å². The van der Waals surface area contributed by atoms with Crippen LogP contribution in [0.4, 0.5) is 0 Å². The van der Waals surface area contributed by atoms with E-state index in [0.717, 1.165) is 29.0 Å². The average Bonchev–Trinajstić information content (AvgIpc) is 3.46. The van der Waals surface area contributed by atoms with Crippen molar-refractivity contribution >= 4 is 5.97 Å². The molecule has 8 nitrogen and oxygen atoms in total. The van der Waals surface area contributed by atoms with Crippen LogP contribution in [0.5, 0.6) is 5.75 Å². The van der Waals surface area contributed by atoms with Crippen LogP contribution in [0, 0.1) is 5.41 Å². The molecule has 0 amide bonds. The number of carboxylic acids is 1. The van der Waals surface area contributed by atoms with Crippen LogP contribution in [0.15, 0.2) is 60.9 Å². The Morgan fingerprint density at radius 3 is 2.47 bits per heavy atom. The third-order valence-corrected chi connectivity index (χ3v) is 6.13. The first-order valence-corrected chi connectivity index (χ1v) is 12.2. The topological polar surface area (TPSA) is 95.1 Å². The van der Waals surface area contributed by atoms with Gasteiger partial charge in [0.05, 0.1) is 29.9 Å². The van der Waals surface area contributed by atoms with Gasteiger partial charge in [-0.2, -0.15) is 5.10 Å². The molecular formula is C28H33N5O3. The lowest BCUT2D eigenvalue weighted by Gasteiger charge is -2.18. The molecule has 8 heteroatoms. The number of carboxylic acid groups (broad SMARTS) is 1. The van der Waals surface area contributed by atoms with Gasteiger partial charge in [-0.3, -0.25) is 4.68 Å². The Labute approximate surface area is 211 Å². The number of hydrogen-bond donors (Lipinski definition) is 1. The molecule has 0 fully saturated rings. The zero-order valence-electron chi connectivity index (χ0n) is 21.5. The summed E-state index contributed by atoms with van der Waals surface area (Å²) in [6.07, 6.45) is 4.84. The molecule has 0 aliphatic heterocycles. The van der Waals surface area contributed by atoms with Gasteiger partial charge in [0.1, 0.15) is 11.3 Å². The summed E-state index contributed by atoms with van der Waals surface area (Å²) in [6, 6.07) is 15.9. The van der Waals surface area contributed by atoms with Crippen molar-refractivity contribution in [3.63, 3.8) is 0 Å². The Morgan fingerprint density at radius 2 is 1.83 bits per heavy atom. The van der Waals surface area contributed by atoms with Crippen molar-refractivity contribution in [3.8, 4) is 22.6 Å². The fraction of sp³-hybridized carbons (Fsp3) is 0.357. The molecule has 0 bridgehead atoms. The van der Waals surface area contributed by atoms with Crippen LogP contribution < -0.4 is 4.74 Å². The predicted octanol–water partition coefficient (Wildman–Crippen LogP) is 5.72. The molecular weight excluding hydrogens is 454 g/mol. The first kappa shape index (κ1) is 25.2. The van der Waals surface area contributed by atoms with Gasteiger partial charge in [-0.1, -0.05) is 57.2 Å². The molecule has 0 aliphatic rings. The molecule has 2 aromatic heterocycles. The largest absolute Gasteiger partial charge is 0.494 e. The molecule has 2 aromatic carbocycles. The van der Waals surface area contributed by atoms with E-state index in [9.17, 15) is 9.90 Å². The molecule has 0 saturated heterocycles. The van der Waals surface area contributed by atoms with Crippen molar-refractivity contribution in [2.75, 3.05) is 6.61 Å². The normalized spacial score (nSPS) is 12.5. The van der Waals surface area contributed by atoms with E-state index in [1.165, 1.54) is 6.20 Å². The van der Waals surface area contributed by atoms with Gasteiger partial charge in [0, 0.05) is 19.2 Å². The van der Waals surface area contributed by atoms with Crippen molar-refractivity contribution in [1.82, 2.24) is 24.8 Å². The Balaban J connectivity index is 1.70. The van der Waals surface area contributed by atoms with E-state index in [1.54, 1.807) is 16.4 Å². The maximum Gasteiger partial charge on any atom is 0.339 e. The minimum Gasteiger partial charge on any atom is -0.494 e. The van der Waals surface area contributed by atoms with Crippen molar-refractivity contribution in [1.29, 1.82) is 0 Å². The van der Waals surface area contributed by atoms with E-state index in [0.29, 0.717) is 24.4 Å². The molecule has 2 heterocycles. The van der Waals surface area contributed by atoms with Crippen LogP contribution in [0.1, 0.15) is 68.2 Å². The van der Waals surface area contributed by atoms with Crippen LogP contribution >= 0.6 is 0 Å². The Hall–Kier alpha value is -3.94. The van der Waals surface area contributed by atoms with Gasteiger partial charge >= 0.3 is 5.97 Å². The molecule has 36 heavy (non-hydrogen) atoms. The minimum absolute atomic E-state index is 0.159. The number of carbonyl (C=O) groups is 1. The molecule has 188 valence electrons. The maximum atomic E-state index is 12.1. The second-order valence-electron chi connectivity index (χ2n) is 10.2. The molecule has 1 N–H and O–H groups in total. The van der Waals surface area contributed by atoms with Crippen molar-refractivity contribution in [2.24, 2.45) is 12.5 Å². The molecule has 1 unspecified atom stereocenters. The summed E-state index contributed by atoms with van der Waals surface area (Å²) in [4.78, 5) is 12.1. The SMILES string of the molecule is CCC(c1cn(C)nn1)c1c(C(=O)O)cnn1-c1cccc(-c2cccc(OCCC(C)(C)C)c2)c1.